The van der Waals surface area contributed by atoms with Crippen LogP contribution in [0.2, 0.25) is 0 Å². The van der Waals surface area contributed by atoms with Crippen LogP contribution >= 0.6 is 0 Å². The minimum atomic E-state index is -0.238. The summed E-state index contributed by atoms with van der Waals surface area (Å²) in [6.07, 6.45) is 5.39. The number of nitrogens with one attached hydrogen (secondary N) is 1. The van der Waals surface area contributed by atoms with Gasteiger partial charge in [-0.3, -0.25) is 9.48 Å². The Labute approximate surface area is 168 Å². The van der Waals surface area contributed by atoms with Gasteiger partial charge >= 0.3 is 0 Å². The van der Waals surface area contributed by atoms with Crippen molar-refractivity contribution in [1.29, 1.82) is 5.26 Å². The van der Waals surface area contributed by atoms with Crippen LogP contribution in [0, 0.1) is 11.3 Å². The summed E-state index contributed by atoms with van der Waals surface area (Å²) in [5, 5.41) is 21.9. The second kappa shape index (κ2) is 7.24. The van der Waals surface area contributed by atoms with Crippen molar-refractivity contribution in [2.75, 3.05) is 5.32 Å². The van der Waals surface area contributed by atoms with Gasteiger partial charge in [-0.1, -0.05) is 19.9 Å². The molecule has 0 spiro atoms. The lowest BCUT2D eigenvalue weighted by Crippen LogP contribution is -2.16. The lowest BCUT2D eigenvalue weighted by Gasteiger charge is -2.14. The van der Waals surface area contributed by atoms with Crippen LogP contribution in [-0.4, -0.2) is 25.5 Å². The number of anilines is 1. The van der Waals surface area contributed by atoms with Gasteiger partial charge in [-0.2, -0.15) is 15.5 Å². The lowest BCUT2D eigenvalue weighted by molar-refractivity contribution is 0.102. The van der Waals surface area contributed by atoms with Gasteiger partial charge < -0.3 is 5.32 Å². The quantitative estimate of drug-likeness (QED) is 0.576. The Hall–Kier alpha value is -3.92. The fourth-order valence-corrected chi connectivity index (χ4v) is 3.50. The Balaban J connectivity index is 1.70. The maximum absolute atomic E-state index is 13.0. The largest absolute Gasteiger partial charge is 0.322 e. The topological polar surface area (TPSA) is 88.5 Å². The summed E-state index contributed by atoms with van der Waals surface area (Å²) in [5.41, 5.74) is 4.16. The van der Waals surface area contributed by atoms with E-state index < -0.39 is 0 Å². The fourth-order valence-electron chi connectivity index (χ4n) is 3.50. The van der Waals surface area contributed by atoms with Crippen LogP contribution in [0.4, 0.5) is 5.69 Å². The number of rotatable bonds is 4. The highest BCUT2D eigenvalue weighted by Crippen LogP contribution is 2.26. The first-order chi connectivity index (χ1) is 14.0. The Morgan fingerprint density at radius 2 is 2.00 bits per heavy atom. The molecule has 144 valence electrons. The molecule has 0 atom stereocenters. The average Bonchev–Trinajstić information content (AvgIpc) is 3.32. The van der Waals surface area contributed by atoms with Gasteiger partial charge in [0.25, 0.3) is 5.91 Å². The Morgan fingerprint density at radius 1 is 1.17 bits per heavy atom. The van der Waals surface area contributed by atoms with Gasteiger partial charge in [0.2, 0.25) is 0 Å². The number of benzene rings is 2. The smallest absolute Gasteiger partial charge is 0.255 e. The predicted octanol–water partition coefficient (Wildman–Crippen LogP) is 4.01. The first kappa shape index (κ1) is 18.4. The van der Waals surface area contributed by atoms with Gasteiger partial charge in [-0.15, -0.1) is 0 Å². The molecule has 2 heterocycles. The van der Waals surface area contributed by atoms with Crippen LogP contribution in [-0.2, 0) is 7.05 Å². The molecule has 4 rings (SSSR count). The molecule has 2 aromatic carbocycles. The van der Waals surface area contributed by atoms with Crippen molar-refractivity contribution in [2.45, 2.75) is 19.8 Å². The molecule has 0 saturated heterocycles. The lowest BCUT2D eigenvalue weighted by atomic mass is 9.92. The number of carbonyl (C=O) groups excluding carboxylic acids is 1. The van der Waals surface area contributed by atoms with Gasteiger partial charge in [0.15, 0.2) is 0 Å². The molecule has 0 aliphatic carbocycles. The average molecular weight is 384 g/mol. The van der Waals surface area contributed by atoms with Gasteiger partial charge in [0.1, 0.15) is 5.69 Å². The van der Waals surface area contributed by atoms with Gasteiger partial charge in [-0.05, 0) is 41.8 Å². The molecule has 4 aromatic rings. The van der Waals surface area contributed by atoms with Gasteiger partial charge in [-0.25, -0.2) is 4.68 Å². The molecule has 29 heavy (non-hydrogen) atoms. The molecule has 2 aromatic heterocycles. The van der Waals surface area contributed by atoms with Crippen LogP contribution < -0.4 is 5.32 Å². The maximum Gasteiger partial charge on any atom is 0.255 e. The molecule has 0 radical (unpaired) electrons. The molecular formula is C22H20N6O. The number of nitrogens with zero attached hydrogens (tertiary/aromatic N) is 5. The first-order valence-corrected chi connectivity index (χ1v) is 9.29. The van der Waals surface area contributed by atoms with Crippen LogP contribution in [0.3, 0.4) is 0 Å². The second-order valence-electron chi connectivity index (χ2n) is 7.19. The monoisotopic (exact) mass is 384 g/mol. The van der Waals surface area contributed by atoms with Gasteiger partial charge in [0.05, 0.1) is 35.7 Å². The molecule has 0 aliphatic heterocycles. The van der Waals surface area contributed by atoms with E-state index in [9.17, 15) is 10.1 Å². The van der Waals surface area contributed by atoms with E-state index in [1.807, 2.05) is 45.3 Å². The number of amides is 1. The molecular weight excluding hydrogens is 364 g/mol. The normalized spacial score (nSPS) is 11.0. The van der Waals surface area contributed by atoms with Crippen LogP contribution in [0.15, 0.2) is 55.0 Å². The summed E-state index contributed by atoms with van der Waals surface area (Å²) in [4.78, 5) is 13.0. The highest BCUT2D eigenvalue weighted by Gasteiger charge is 2.18. The van der Waals surface area contributed by atoms with E-state index in [2.05, 4.69) is 21.6 Å². The third-order valence-corrected chi connectivity index (χ3v) is 4.81. The van der Waals surface area contributed by atoms with Crippen molar-refractivity contribution < 1.29 is 4.79 Å². The number of fused-ring (bicyclic) bond motifs is 1. The highest BCUT2D eigenvalue weighted by molar-refractivity contribution is 6.06. The summed E-state index contributed by atoms with van der Waals surface area (Å²) in [6, 6.07) is 13.1. The van der Waals surface area contributed by atoms with Crippen molar-refractivity contribution in [3.05, 3.63) is 71.7 Å². The van der Waals surface area contributed by atoms with Gasteiger partial charge in [0, 0.05) is 23.7 Å². The van der Waals surface area contributed by atoms with Crippen molar-refractivity contribution in [3.63, 3.8) is 0 Å². The van der Waals surface area contributed by atoms with E-state index in [-0.39, 0.29) is 11.8 Å². The third-order valence-electron chi connectivity index (χ3n) is 4.81. The molecule has 7 heteroatoms. The SMILES string of the molecule is CC(C)c1c(C#N)cccc1C(=O)Nc1ccc2cnn(-c3cnn(C)c3)c2c1. The molecule has 0 unspecified atom stereocenters. The van der Waals surface area contributed by atoms with Crippen LogP contribution in [0.25, 0.3) is 16.6 Å². The van der Waals surface area contributed by atoms with E-state index in [1.165, 1.54) is 0 Å². The number of aryl methyl sites for hydroxylation is 1. The van der Waals surface area contributed by atoms with Crippen LogP contribution in [0.5, 0.6) is 0 Å². The fraction of sp³-hybridized carbons (Fsp3) is 0.182. The molecule has 0 bridgehead atoms. The van der Waals surface area contributed by atoms with Crippen molar-refractivity contribution in [3.8, 4) is 11.8 Å². The third kappa shape index (κ3) is 3.36. The summed E-state index contributed by atoms with van der Waals surface area (Å²) in [5.74, 6) is -0.182. The van der Waals surface area contributed by atoms with Crippen molar-refractivity contribution in [2.24, 2.45) is 7.05 Å². The Kier molecular flexibility index (Phi) is 4.61. The first-order valence-electron chi connectivity index (χ1n) is 9.29. The van der Waals surface area contributed by atoms with Crippen molar-refractivity contribution in [1.82, 2.24) is 19.6 Å². The number of hydrogen-bond acceptors (Lipinski definition) is 4. The van der Waals surface area contributed by atoms with Crippen molar-refractivity contribution >= 4 is 22.5 Å². The zero-order valence-corrected chi connectivity index (χ0v) is 16.4. The molecule has 0 aliphatic rings. The second-order valence-corrected chi connectivity index (χ2v) is 7.19. The molecule has 1 amide bonds. The van der Waals surface area contributed by atoms with E-state index in [0.29, 0.717) is 16.8 Å². The van der Waals surface area contributed by atoms with E-state index in [4.69, 9.17) is 0 Å². The summed E-state index contributed by atoms with van der Waals surface area (Å²) >= 11 is 0. The number of aromatic nitrogens is 4. The molecule has 1 N–H and O–H groups in total. The van der Waals surface area contributed by atoms with E-state index >= 15 is 0 Å². The number of nitriles is 1. The van der Waals surface area contributed by atoms with E-state index in [0.717, 1.165) is 22.2 Å². The molecule has 0 fully saturated rings. The number of hydrogen-bond donors (Lipinski definition) is 1. The molecule has 7 nitrogen and oxygen atoms in total. The maximum atomic E-state index is 13.0. The highest BCUT2D eigenvalue weighted by atomic mass is 16.1. The summed E-state index contributed by atoms with van der Waals surface area (Å²) in [7, 11) is 1.85. The minimum Gasteiger partial charge on any atom is -0.322 e. The van der Waals surface area contributed by atoms with Crippen LogP contribution in [0.1, 0.15) is 41.3 Å². The Morgan fingerprint density at radius 3 is 2.69 bits per heavy atom. The Bertz CT molecular complexity index is 1260. The summed E-state index contributed by atoms with van der Waals surface area (Å²) < 4.78 is 3.50. The minimum absolute atomic E-state index is 0.0566. The summed E-state index contributed by atoms with van der Waals surface area (Å²) in [6.45, 7) is 3.96. The standard InChI is InChI=1S/C22H20N6O/c1-14(2)21-15(10-23)5-4-6-19(21)22(29)26-17-8-7-16-11-25-28(20(16)9-17)18-12-24-27(3)13-18/h4-9,11-14H,1-3H3,(H,26,29). The zero-order valence-electron chi connectivity index (χ0n) is 16.4. The number of carbonyl (C=O) groups is 1. The zero-order chi connectivity index (χ0) is 20.5. The predicted molar refractivity (Wildman–Crippen MR) is 111 cm³/mol. The van der Waals surface area contributed by atoms with E-state index in [1.54, 1.807) is 40.0 Å². The molecule has 0 saturated carbocycles.